The van der Waals surface area contributed by atoms with Gasteiger partial charge in [-0.3, -0.25) is 9.98 Å². The van der Waals surface area contributed by atoms with E-state index in [9.17, 15) is 0 Å². The van der Waals surface area contributed by atoms with Crippen LogP contribution in [0.4, 0.5) is 0 Å². The monoisotopic (exact) mass is 502 g/mol. The maximum atomic E-state index is 5.06. The van der Waals surface area contributed by atoms with E-state index in [1.54, 1.807) is 6.20 Å². The molecule has 0 unspecified atom stereocenters. The summed E-state index contributed by atoms with van der Waals surface area (Å²) in [7, 11) is 0. The maximum Gasteiger partial charge on any atom is 0.0985 e. The third-order valence-electron chi connectivity index (χ3n) is 7.36. The average molecular weight is 503 g/mol. The molecule has 0 aliphatic rings. The van der Waals surface area contributed by atoms with Crippen molar-refractivity contribution >= 4 is 56.0 Å². The van der Waals surface area contributed by atoms with Crippen LogP contribution in [0.15, 0.2) is 133 Å². The fraction of sp³-hybridized carbons (Fsp3) is 0.0286. The molecule has 0 atom stereocenters. The zero-order chi connectivity index (χ0) is 26.3. The summed E-state index contributed by atoms with van der Waals surface area (Å²) >= 11 is 0. The van der Waals surface area contributed by atoms with E-state index in [1.807, 2.05) is 19.2 Å². The fourth-order valence-corrected chi connectivity index (χ4v) is 5.74. The lowest BCUT2D eigenvalue weighted by molar-refractivity contribution is 1.14. The Morgan fingerprint density at radius 1 is 0.692 bits per heavy atom. The van der Waals surface area contributed by atoms with Crippen LogP contribution in [0.2, 0.25) is 0 Å². The van der Waals surface area contributed by atoms with Crippen molar-refractivity contribution in [2.45, 2.75) is 6.92 Å². The number of para-hydroxylation sites is 3. The van der Waals surface area contributed by atoms with E-state index in [0.717, 1.165) is 55.4 Å². The summed E-state index contributed by atoms with van der Waals surface area (Å²) in [6, 6.07) is 36.3. The Kier molecular flexibility index (Phi) is 5.45. The second-order valence-electron chi connectivity index (χ2n) is 9.57. The van der Waals surface area contributed by atoms with Gasteiger partial charge < -0.3 is 9.13 Å². The lowest BCUT2D eigenvalue weighted by Crippen LogP contribution is -1.99. The first-order valence-electron chi connectivity index (χ1n) is 13.1. The second-order valence-corrected chi connectivity index (χ2v) is 9.57. The highest BCUT2D eigenvalue weighted by Gasteiger charge is 2.21. The molecule has 7 aromatic rings. The third kappa shape index (κ3) is 3.53. The van der Waals surface area contributed by atoms with E-state index >= 15 is 0 Å². The van der Waals surface area contributed by atoms with Gasteiger partial charge in [0.05, 0.1) is 27.6 Å². The standard InChI is InChI=1S/C35H26N4/c1-3-11-25(22-36-2)24-18-20-27(21-19-24)39-32-17-10-8-15-29(32)33-35(39)34-30(23-37-33)28-14-7-9-16-31(28)38(34)26-12-5-4-6-13-26/h3-23H,2H2,1H3/b11-3-,25-22+. The Hall–Kier alpha value is -5.22. The molecule has 0 amide bonds. The summed E-state index contributed by atoms with van der Waals surface area (Å²) in [6.07, 6.45) is 7.90. The Balaban J connectivity index is 1.62. The first kappa shape index (κ1) is 22.9. The molecule has 4 heteroatoms. The highest BCUT2D eigenvalue weighted by atomic mass is 15.1. The molecule has 7 rings (SSSR count). The molecule has 3 heterocycles. The smallest absolute Gasteiger partial charge is 0.0985 e. The summed E-state index contributed by atoms with van der Waals surface area (Å²) in [5, 5.41) is 3.46. The van der Waals surface area contributed by atoms with Gasteiger partial charge in [0.25, 0.3) is 0 Å². The molecule has 186 valence electrons. The number of hydrogen-bond donors (Lipinski definition) is 0. The first-order chi connectivity index (χ1) is 19.3. The molecule has 4 nitrogen and oxygen atoms in total. The van der Waals surface area contributed by atoms with Gasteiger partial charge in [0, 0.05) is 39.9 Å². The van der Waals surface area contributed by atoms with Crippen molar-refractivity contribution in [3.05, 3.63) is 133 Å². The number of hydrogen-bond acceptors (Lipinski definition) is 2. The molecule has 39 heavy (non-hydrogen) atoms. The van der Waals surface area contributed by atoms with E-state index in [0.29, 0.717) is 0 Å². The van der Waals surface area contributed by atoms with E-state index < -0.39 is 0 Å². The number of allylic oxidation sites excluding steroid dienone is 3. The van der Waals surface area contributed by atoms with E-state index in [2.05, 4.69) is 130 Å². The molecule has 0 saturated heterocycles. The number of benzene rings is 4. The highest BCUT2D eigenvalue weighted by Crippen LogP contribution is 2.40. The van der Waals surface area contributed by atoms with Gasteiger partial charge in [-0.2, -0.15) is 0 Å². The largest absolute Gasteiger partial charge is 0.307 e. The summed E-state index contributed by atoms with van der Waals surface area (Å²) in [5.74, 6) is 0. The summed E-state index contributed by atoms with van der Waals surface area (Å²) < 4.78 is 4.73. The maximum absolute atomic E-state index is 5.06. The highest BCUT2D eigenvalue weighted by molar-refractivity contribution is 6.22. The van der Waals surface area contributed by atoms with Crippen molar-refractivity contribution < 1.29 is 0 Å². The Morgan fingerprint density at radius 3 is 2.03 bits per heavy atom. The minimum atomic E-state index is 0.993. The van der Waals surface area contributed by atoms with Crippen LogP contribution in [0.25, 0.3) is 60.7 Å². The molecular weight excluding hydrogens is 476 g/mol. The summed E-state index contributed by atoms with van der Waals surface area (Å²) in [5.41, 5.74) is 9.85. The molecule has 0 saturated carbocycles. The van der Waals surface area contributed by atoms with Crippen molar-refractivity contribution in [2.24, 2.45) is 4.99 Å². The molecule has 0 fully saturated rings. The van der Waals surface area contributed by atoms with Crippen molar-refractivity contribution in [1.29, 1.82) is 0 Å². The first-order valence-corrected chi connectivity index (χ1v) is 13.1. The number of rotatable bonds is 5. The van der Waals surface area contributed by atoms with Crippen LogP contribution >= 0.6 is 0 Å². The van der Waals surface area contributed by atoms with E-state index in [-0.39, 0.29) is 0 Å². The zero-order valence-electron chi connectivity index (χ0n) is 21.6. The van der Waals surface area contributed by atoms with Crippen LogP contribution < -0.4 is 0 Å². The van der Waals surface area contributed by atoms with Crippen molar-refractivity contribution in [3.63, 3.8) is 0 Å². The van der Waals surface area contributed by atoms with E-state index in [4.69, 9.17) is 4.98 Å². The van der Waals surface area contributed by atoms with Crippen LogP contribution in [0.3, 0.4) is 0 Å². The summed E-state index contributed by atoms with van der Waals surface area (Å²) in [4.78, 5) is 9.06. The van der Waals surface area contributed by atoms with Gasteiger partial charge in [-0.15, -0.1) is 0 Å². The van der Waals surface area contributed by atoms with Crippen LogP contribution in [0, 0.1) is 0 Å². The van der Waals surface area contributed by atoms with Crippen LogP contribution in [-0.2, 0) is 0 Å². The van der Waals surface area contributed by atoms with Crippen LogP contribution in [0.1, 0.15) is 12.5 Å². The third-order valence-corrected chi connectivity index (χ3v) is 7.36. The number of aromatic nitrogens is 3. The lowest BCUT2D eigenvalue weighted by atomic mass is 10.1. The lowest BCUT2D eigenvalue weighted by Gasteiger charge is -2.13. The summed E-state index contributed by atoms with van der Waals surface area (Å²) in [6.45, 7) is 5.65. The molecular formula is C35H26N4. The number of pyridine rings is 1. The number of aliphatic imine (C=N–C) groups is 1. The van der Waals surface area contributed by atoms with Gasteiger partial charge >= 0.3 is 0 Å². The molecule has 0 aliphatic heterocycles. The predicted molar refractivity (Wildman–Crippen MR) is 165 cm³/mol. The quantitative estimate of drug-likeness (QED) is 0.171. The topological polar surface area (TPSA) is 35.1 Å². The number of fused-ring (bicyclic) bond motifs is 7. The molecule has 0 N–H and O–H groups in total. The molecule has 0 radical (unpaired) electrons. The molecule has 0 bridgehead atoms. The second kappa shape index (κ2) is 9.26. The minimum absolute atomic E-state index is 0.993. The van der Waals surface area contributed by atoms with Gasteiger partial charge in [0.1, 0.15) is 0 Å². The molecule has 3 aromatic heterocycles. The fourth-order valence-electron chi connectivity index (χ4n) is 5.74. The molecule has 0 spiro atoms. The number of nitrogens with zero attached hydrogens (tertiary/aromatic N) is 4. The Morgan fingerprint density at radius 2 is 1.31 bits per heavy atom. The Labute approximate surface area is 226 Å². The van der Waals surface area contributed by atoms with Gasteiger partial charge in [0.2, 0.25) is 0 Å². The predicted octanol–water partition coefficient (Wildman–Crippen LogP) is 8.89. The van der Waals surface area contributed by atoms with Gasteiger partial charge in [0.15, 0.2) is 0 Å². The van der Waals surface area contributed by atoms with Crippen molar-refractivity contribution in [2.75, 3.05) is 0 Å². The van der Waals surface area contributed by atoms with Crippen molar-refractivity contribution in [1.82, 2.24) is 14.1 Å². The normalized spacial score (nSPS) is 12.4. The molecule has 4 aromatic carbocycles. The zero-order valence-corrected chi connectivity index (χ0v) is 21.6. The van der Waals surface area contributed by atoms with Crippen LogP contribution in [-0.4, -0.2) is 20.8 Å². The van der Waals surface area contributed by atoms with Crippen molar-refractivity contribution in [3.8, 4) is 11.4 Å². The molecule has 0 aliphatic carbocycles. The van der Waals surface area contributed by atoms with E-state index in [1.165, 1.54) is 10.9 Å². The van der Waals surface area contributed by atoms with Gasteiger partial charge in [-0.25, -0.2) is 0 Å². The van der Waals surface area contributed by atoms with Gasteiger partial charge in [-0.1, -0.05) is 78.9 Å². The Bertz CT molecular complexity index is 2070. The SMILES string of the molecule is C=N/C=C(\C=C/C)c1ccc(-n2c3ccccc3c3ncc4c5ccccc5n(-c5ccccc5)c4c32)cc1. The minimum Gasteiger partial charge on any atom is -0.307 e. The van der Waals surface area contributed by atoms with Crippen LogP contribution in [0.5, 0.6) is 0 Å². The van der Waals surface area contributed by atoms with Gasteiger partial charge in [-0.05, 0) is 61.2 Å². The average Bonchev–Trinajstić information content (AvgIpc) is 3.51.